The van der Waals surface area contributed by atoms with E-state index in [1.165, 1.54) is 5.70 Å². The van der Waals surface area contributed by atoms with Crippen LogP contribution in [0.2, 0.25) is 0 Å². The van der Waals surface area contributed by atoms with Gasteiger partial charge >= 0.3 is 0 Å². The van der Waals surface area contributed by atoms with Gasteiger partial charge in [-0.3, -0.25) is 0 Å². The molecule has 0 atom stereocenters. The zero-order chi connectivity index (χ0) is 8.97. The molecule has 0 unspecified atom stereocenters. The Morgan fingerprint density at radius 2 is 2.25 bits per heavy atom. The Hall–Kier alpha value is -0.920. The van der Waals surface area contributed by atoms with E-state index in [9.17, 15) is 0 Å². The maximum Gasteiger partial charge on any atom is 0.0978 e. The van der Waals surface area contributed by atoms with Gasteiger partial charge in [0.25, 0.3) is 0 Å². The average Bonchev–Trinajstić information content (AvgIpc) is 2.03. The van der Waals surface area contributed by atoms with Crippen molar-refractivity contribution >= 4 is 0 Å². The summed E-state index contributed by atoms with van der Waals surface area (Å²) in [6.45, 7) is 4.27. The topological polar surface area (TPSA) is 21.3 Å². The van der Waals surface area contributed by atoms with Crippen molar-refractivity contribution in [2.45, 2.75) is 32.7 Å². The lowest BCUT2D eigenvalue weighted by molar-refractivity contribution is 0.275. The lowest BCUT2D eigenvalue weighted by atomic mass is 10.1. The van der Waals surface area contributed by atoms with Crippen LogP contribution in [0, 0.1) is 0 Å². The third-order valence-electron chi connectivity index (χ3n) is 1.79. The van der Waals surface area contributed by atoms with Crippen LogP contribution in [0.5, 0.6) is 0 Å². The molecule has 0 heterocycles. The molecule has 0 spiro atoms. The SMILES string of the molecule is COC1=CC(NC(C)C)=CCC1. The van der Waals surface area contributed by atoms with Crippen LogP contribution in [0.3, 0.4) is 0 Å². The summed E-state index contributed by atoms with van der Waals surface area (Å²) < 4.78 is 5.18. The summed E-state index contributed by atoms with van der Waals surface area (Å²) in [5, 5.41) is 3.35. The van der Waals surface area contributed by atoms with Crippen LogP contribution in [-0.2, 0) is 4.74 Å². The minimum atomic E-state index is 0.490. The fourth-order valence-electron chi connectivity index (χ4n) is 1.27. The Balaban J connectivity index is 2.54. The standard InChI is InChI=1S/C10H17NO/c1-8(2)11-9-5-4-6-10(7-9)12-3/h5,7-8,11H,4,6H2,1-3H3. The zero-order valence-electron chi connectivity index (χ0n) is 8.05. The van der Waals surface area contributed by atoms with Crippen molar-refractivity contribution in [3.63, 3.8) is 0 Å². The van der Waals surface area contributed by atoms with Gasteiger partial charge in [0.1, 0.15) is 0 Å². The molecule has 0 saturated heterocycles. The molecular formula is C10H17NO. The van der Waals surface area contributed by atoms with Crippen LogP contribution in [0.25, 0.3) is 0 Å². The van der Waals surface area contributed by atoms with Crippen LogP contribution in [0.15, 0.2) is 23.6 Å². The Kier molecular flexibility index (Phi) is 3.20. The predicted molar refractivity (Wildman–Crippen MR) is 50.7 cm³/mol. The van der Waals surface area contributed by atoms with Crippen molar-refractivity contribution in [1.29, 1.82) is 0 Å². The molecule has 0 aromatic rings. The Morgan fingerprint density at radius 3 is 2.83 bits per heavy atom. The van der Waals surface area contributed by atoms with E-state index in [0.29, 0.717) is 6.04 Å². The van der Waals surface area contributed by atoms with E-state index >= 15 is 0 Å². The van der Waals surface area contributed by atoms with Crippen molar-refractivity contribution in [3.05, 3.63) is 23.6 Å². The number of allylic oxidation sites excluding steroid dienone is 3. The number of nitrogens with one attached hydrogen (secondary N) is 1. The van der Waals surface area contributed by atoms with E-state index in [1.54, 1.807) is 7.11 Å². The van der Waals surface area contributed by atoms with Gasteiger partial charge in [-0.25, -0.2) is 0 Å². The van der Waals surface area contributed by atoms with Crippen molar-refractivity contribution < 1.29 is 4.74 Å². The molecule has 0 radical (unpaired) electrons. The van der Waals surface area contributed by atoms with Crippen LogP contribution >= 0.6 is 0 Å². The molecule has 1 aliphatic carbocycles. The van der Waals surface area contributed by atoms with E-state index in [1.807, 2.05) is 0 Å². The maximum atomic E-state index is 5.18. The van der Waals surface area contributed by atoms with E-state index in [4.69, 9.17) is 4.74 Å². The molecule has 68 valence electrons. The van der Waals surface area contributed by atoms with Gasteiger partial charge in [0.05, 0.1) is 12.9 Å². The molecular weight excluding hydrogens is 150 g/mol. The second kappa shape index (κ2) is 4.19. The molecule has 0 aliphatic heterocycles. The number of hydrogen-bond donors (Lipinski definition) is 1. The fourth-order valence-corrected chi connectivity index (χ4v) is 1.27. The smallest absolute Gasteiger partial charge is 0.0978 e. The summed E-state index contributed by atoms with van der Waals surface area (Å²) >= 11 is 0. The molecule has 0 saturated carbocycles. The monoisotopic (exact) mass is 167 g/mol. The van der Waals surface area contributed by atoms with E-state index < -0.39 is 0 Å². The first-order valence-electron chi connectivity index (χ1n) is 4.43. The second-order valence-electron chi connectivity index (χ2n) is 3.31. The van der Waals surface area contributed by atoms with Gasteiger partial charge in [-0.1, -0.05) is 6.08 Å². The van der Waals surface area contributed by atoms with Gasteiger partial charge in [0, 0.05) is 18.2 Å². The van der Waals surface area contributed by atoms with Crippen molar-refractivity contribution in [2.24, 2.45) is 0 Å². The largest absolute Gasteiger partial charge is 0.501 e. The van der Waals surface area contributed by atoms with Crippen molar-refractivity contribution in [2.75, 3.05) is 7.11 Å². The molecule has 0 bridgehead atoms. The highest BCUT2D eigenvalue weighted by Gasteiger charge is 2.05. The molecule has 12 heavy (non-hydrogen) atoms. The van der Waals surface area contributed by atoms with Crippen LogP contribution in [0.4, 0.5) is 0 Å². The van der Waals surface area contributed by atoms with Crippen LogP contribution in [-0.4, -0.2) is 13.2 Å². The molecule has 0 amide bonds. The first-order chi connectivity index (χ1) is 5.72. The minimum Gasteiger partial charge on any atom is -0.501 e. The van der Waals surface area contributed by atoms with Gasteiger partial charge in [-0.15, -0.1) is 0 Å². The fraction of sp³-hybridized carbons (Fsp3) is 0.600. The number of rotatable bonds is 3. The highest BCUT2D eigenvalue weighted by atomic mass is 16.5. The highest BCUT2D eigenvalue weighted by molar-refractivity contribution is 5.23. The summed E-state index contributed by atoms with van der Waals surface area (Å²) in [5.74, 6) is 1.07. The van der Waals surface area contributed by atoms with Gasteiger partial charge in [0.15, 0.2) is 0 Å². The van der Waals surface area contributed by atoms with Gasteiger partial charge < -0.3 is 10.1 Å². The van der Waals surface area contributed by atoms with Gasteiger partial charge in [-0.2, -0.15) is 0 Å². The maximum absolute atomic E-state index is 5.18. The Bertz CT molecular complexity index is 204. The average molecular weight is 167 g/mol. The number of hydrogen-bond acceptors (Lipinski definition) is 2. The number of methoxy groups -OCH3 is 1. The Labute approximate surface area is 74.3 Å². The number of ether oxygens (including phenoxy) is 1. The Morgan fingerprint density at radius 1 is 1.50 bits per heavy atom. The molecule has 2 heteroatoms. The van der Waals surface area contributed by atoms with E-state index in [2.05, 4.69) is 31.3 Å². The molecule has 1 rings (SSSR count). The predicted octanol–water partition coefficient (Wildman–Crippen LogP) is 2.19. The quantitative estimate of drug-likeness (QED) is 0.695. The van der Waals surface area contributed by atoms with Gasteiger partial charge in [-0.05, 0) is 26.3 Å². The highest BCUT2D eigenvalue weighted by Crippen LogP contribution is 2.15. The molecule has 1 aliphatic rings. The molecule has 0 fully saturated rings. The molecule has 0 aromatic heterocycles. The van der Waals surface area contributed by atoms with Crippen LogP contribution in [0.1, 0.15) is 26.7 Å². The summed E-state index contributed by atoms with van der Waals surface area (Å²) in [6.07, 6.45) is 6.39. The van der Waals surface area contributed by atoms with E-state index in [-0.39, 0.29) is 0 Å². The minimum absolute atomic E-state index is 0.490. The normalized spacial score (nSPS) is 17.0. The van der Waals surface area contributed by atoms with Gasteiger partial charge in [0.2, 0.25) is 0 Å². The summed E-state index contributed by atoms with van der Waals surface area (Å²) in [5.41, 5.74) is 1.19. The zero-order valence-corrected chi connectivity index (χ0v) is 8.05. The van der Waals surface area contributed by atoms with Crippen molar-refractivity contribution in [3.8, 4) is 0 Å². The second-order valence-corrected chi connectivity index (χ2v) is 3.31. The molecule has 1 N–H and O–H groups in total. The lowest BCUT2D eigenvalue weighted by Gasteiger charge is -2.16. The molecule has 0 aromatic carbocycles. The van der Waals surface area contributed by atoms with E-state index in [0.717, 1.165) is 18.6 Å². The molecule has 2 nitrogen and oxygen atoms in total. The van der Waals surface area contributed by atoms with Crippen LogP contribution < -0.4 is 5.32 Å². The lowest BCUT2D eigenvalue weighted by Crippen LogP contribution is -2.22. The summed E-state index contributed by atoms with van der Waals surface area (Å²) in [4.78, 5) is 0. The first-order valence-corrected chi connectivity index (χ1v) is 4.43. The first kappa shape index (κ1) is 9.17. The summed E-state index contributed by atoms with van der Waals surface area (Å²) in [6, 6.07) is 0.490. The summed E-state index contributed by atoms with van der Waals surface area (Å²) in [7, 11) is 1.73. The van der Waals surface area contributed by atoms with Crippen molar-refractivity contribution in [1.82, 2.24) is 5.32 Å². The third-order valence-corrected chi connectivity index (χ3v) is 1.79. The third kappa shape index (κ3) is 2.61.